The van der Waals surface area contributed by atoms with Gasteiger partial charge in [0.05, 0.1) is 5.92 Å². The molecule has 0 radical (unpaired) electrons. The van der Waals surface area contributed by atoms with Gasteiger partial charge in [-0.05, 0) is 32.3 Å². The molecule has 114 valence electrons. The molecule has 0 aromatic carbocycles. The van der Waals surface area contributed by atoms with E-state index in [1.165, 1.54) is 6.92 Å². The first-order valence-electron chi connectivity index (χ1n) is 7.03. The zero-order chi connectivity index (χ0) is 15.5. The minimum atomic E-state index is -0.444. The van der Waals surface area contributed by atoms with Gasteiger partial charge in [-0.2, -0.15) is 0 Å². The second kappa shape index (κ2) is 10.6. The van der Waals surface area contributed by atoms with E-state index in [1.54, 1.807) is 11.2 Å². The van der Waals surface area contributed by atoms with Crippen molar-refractivity contribution in [2.24, 2.45) is 11.8 Å². The van der Waals surface area contributed by atoms with E-state index in [-0.39, 0.29) is 30.0 Å². The van der Waals surface area contributed by atoms with Gasteiger partial charge in [-0.25, -0.2) is 0 Å². The predicted octanol–water partition coefficient (Wildman–Crippen LogP) is 3.83. The van der Waals surface area contributed by atoms with Crippen LogP contribution in [0.15, 0.2) is 12.2 Å². The van der Waals surface area contributed by atoms with Crippen LogP contribution in [0.4, 0.5) is 0 Å². The van der Waals surface area contributed by atoms with Crippen molar-refractivity contribution >= 4 is 22.9 Å². The van der Waals surface area contributed by atoms with Gasteiger partial charge >= 0.3 is 5.97 Å². The standard InChI is InChI=1S/C16H26O3S/c1-6-20-10-8-7-9-15(11-13(4)17)19-16(18)14(5)12(2)3/h7,9,12,14-15H,8,10-11H2,1-5H3. The van der Waals surface area contributed by atoms with Gasteiger partial charge in [0.2, 0.25) is 0 Å². The highest BCUT2D eigenvalue weighted by molar-refractivity contribution is 7.88. The number of rotatable bonds is 8. The third kappa shape index (κ3) is 8.89. The molecule has 0 saturated heterocycles. The van der Waals surface area contributed by atoms with Gasteiger partial charge < -0.3 is 4.74 Å². The normalized spacial score (nSPS) is 13.9. The van der Waals surface area contributed by atoms with Crippen LogP contribution in [0.1, 0.15) is 47.5 Å². The Morgan fingerprint density at radius 1 is 1.30 bits per heavy atom. The molecule has 0 spiro atoms. The highest BCUT2D eigenvalue weighted by atomic mass is 32.1. The molecule has 0 N–H and O–H groups in total. The van der Waals surface area contributed by atoms with Gasteiger partial charge in [-0.3, -0.25) is 9.59 Å². The summed E-state index contributed by atoms with van der Waals surface area (Å²) in [6, 6.07) is 0. The van der Waals surface area contributed by atoms with Crippen LogP contribution < -0.4 is 0 Å². The largest absolute Gasteiger partial charge is 0.457 e. The fraction of sp³-hybridized carbons (Fsp3) is 0.688. The zero-order valence-electron chi connectivity index (χ0n) is 13.1. The summed E-state index contributed by atoms with van der Waals surface area (Å²) in [4.78, 5) is 23.2. The molecule has 0 heterocycles. The molecule has 2 unspecified atom stereocenters. The lowest BCUT2D eigenvalue weighted by molar-refractivity contribution is -0.153. The van der Waals surface area contributed by atoms with Crippen LogP contribution in [0, 0.1) is 17.0 Å². The highest BCUT2D eigenvalue weighted by Crippen LogP contribution is 2.14. The smallest absolute Gasteiger partial charge is 0.309 e. The van der Waals surface area contributed by atoms with Crippen LogP contribution in [0.25, 0.3) is 0 Å². The molecule has 2 atom stereocenters. The Kier molecular flexibility index (Phi) is 10.0. The van der Waals surface area contributed by atoms with Crippen molar-refractivity contribution in [3.8, 4) is 5.18 Å². The molecule has 0 amide bonds. The lowest BCUT2D eigenvalue weighted by atomic mass is 9.98. The number of hydrogen-bond acceptors (Lipinski definition) is 3. The van der Waals surface area contributed by atoms with E-state index in [0.717, 1.165) is 12.2 Å². The monoisotopic (exact) mass is 298 g/mol. The number of hydrogen-bond donors (Lipinski definition) is 0. The number of carbonyl (C=O) groups excluding carboxylic acids is 2. The van der Waals surface area contributed by atoms with Crippen LogP contribution in [0.3, 0.4) is 0 Å². The number of ketones is 1. The number of Topliss-reactive ketones (excluding diaryl/α,β-unsaturated/α-hetero) is 1. The average Bonchev–Trinajstić information content (AvgIpc) is 2.36. The Hall–Kier alpha value is -1.12. The van der Waals surface area contributed by atoms with Crippen LogP contribution in [-0.2, 0) is 14.3 Å². The number of carbonyl (C=O) groups is 2. The van der Waals surface area contributed by atoms with Crippen LogP contribution >= 0.6 is 11.2 Å². The summed E-state index contributed by atoms with van der Waals surface area (Å²) in [5.41, 5.74) is 0. The van der Waals surface area contributed by atoms with E-state index in [4.69, 9.17) is 4.74 Å². The molecule has 0 aromatic heterocycles. The molecule has 20 heavy (non-hydrogen) atoms. The van der Waals surface area contributed by atoms with Gasteiger partial charge in [0.1, 0.15) is 11.9 Å². The van der Waals surface area contributed by atoms with Crippen molar-refractivity contribution in [2.75, 3.05) is 5.75 Å². The van der Waals surface area contributed by atoms with Crippen molar-refractivity contribution < 1.29 is 14.3 Å². The maximum atomic E-state index is 11.9. The van der Waals surface area contributed by atoms with Gasteiger partial charge in [0.25, 0.3) is 0 Å². The lowest BCUT2D eigenvalue weighted by Crippen LogP contribution is -2.25. The van der Waals surface area contributed by atoms with Gasteiger partial charge in [0.15, 0.2) is 0 Å². The molecule has 3 nitrogen and oxygen atoms in total. The maximum absolute atomic E-state index is 11.9. The summed E-state index contributed by atoms with van der Waals surface area (Å²) in [5.74, 6) is 0.805. The SMILES string of the molecule is CC#SCCC=CC(CC(C)=O)OC(=O)C(C)C(C)C. The second-order valence-corrected chi connectivity index (χ2v) is 6.29. The van der Waals surface area contributed by atoms with Crippen molar-refractivity contribution in [1.29, 1.82) is 0 Å². The quantitative estimate of drug-likeness (QED) is 0.388. The number of esters is 1. The zero-order valence-corrected chi connectivity index (χ0v) is 14.0. The summed E-state index contributed by atoms with van der Waals surface area (Å²) in [7, 11) is 0. The van der Waals surface area contributed by atoms with Gasteiger partial charge in [0, 0.05) is 12.2 Å². The van der Waals surface area contributed by atoms with Crippen molar-refractivity contribution in [2.45, 2.75) is 53.6 Å². The topological polar surface area (TPSA) is 43.4 Å². The molecule has 0 saturated carbocycles. The number of ether oxygens (including phenoxy) is 1. The first-order valence-corrected chi connectivity index (χ1v) is 8.02. The van der Waals surface area contributed by atoms with E-state index in [0.29, 0.717) is 0 Å². The minimum Gasteiger partial charge on any atom is -0.457 e. The van der Waals surface area contributed by atoms with E-state index in [2.05, 4.69) is 5.18 Å². The Morgan fingerprint density at radius 3 is 2.45 bits per heavy atom. The second-order valence-electron chi connectivity index (χ2n) is 5.18. The van der Waals surface area contributed by atoms with E-state index >= 15 is 0 Å². The molecule has 0 bridgehead atoms. The molecular weight excluding hydrogens is 272 g/mol. The molecule has 0 aliphatic carbocycles. The third-order valence-electron chi connectivity index (χ3n) is 3.01. The van der Waals surface area contributed by atoms with E-state index in [9.17, 15) is 9.59 Å². The summed E-state index contributed by atoms with van der Waals surface area (Å²) in [6.07, 6.45) is 4.46. The van der Waals surface area contributed by atoms with Crippen LogP contribution in [0.5, 0.6) is 0 Å². The molecule has 4 heteroatoms. The Balaban J connectivity index is 4.50. The summed E-state index contributed by atoms with van der Waals surface area (Å²) < 4.78 is 5.42. The summed E-state index contributed by atoms with van der Waals surface area (Å²) >= 11 is 1.62. The Morgan fingerprint density at radius 2 is 1.95 bits per heavy atom. The first kappa shape index (κ1) is 18.9. The fourth-order valence-corrected chi connectivity index (χ4v) is 1.90. The lowest BCUT2D eigenvalue weighted by Gasteiger charge is -2.18. The first-order chi connectivity index (χ1) is 9.38. The minimum absolute atomic E-state index is 0.0225. The Bertz CT molecular complexity index is 402. The maximum Gasteiger partial charge on any atom is 0.309 e. The van der Waals surface area contributed by atoms with E-state index < -0.39 is 6.10 Å². The highest BCUT2D eigenvalue weighted by Gasteiger charge is 2.21. The van der Waals surface area contributed by atoms with E-state index in [1.807, 2.05) is 39.8 Å². The van der Waals surface area contributed by atoms with Crippen LogP contribution in [0.2, 0.25) is 0 Å². The molecule has 0 fully saturated rings. The van der Waals surface area contributed by atoms with Crippen molar-refractivity contribution in [1.82, 2.24) is 0 Å². The fourth-order valence-electron chi connectivity index (χ4n) is 1.44. The molecule has 0 aliphatic rings. The third-order valence-corrected chi connectivity index (χ3v) is 3.74. The predicted molar refractivity (Wildman–Crippen MR) is 85.0 cm³/mol. The Labute approximate surface area is 126 Å². The average molecular weight is 298 g/mol. The number of allylic oxidation sites excluding steroid dienone is 1. The summed E-state index contributed by atoms with van der Waals surface area (Å²) in [6.45, 7) is 9.21. The summed E-state index contributed by atoms with van der Waals surface area (Å²) in [5, 5.41) is 2.99. The van der Waals surface area contributed by atoms with Gasteiger partial charge in [-0.15, -0.1) is 11.2 Å². The molecule has 0 aromatic rings. The van der Waals surface area contributed by atoms with Gasteiger partial charge in [-0.1, -0.05) is 32.0 Å². The molecular formula is C16H26O3S. The van der Waals surface area contributed by atoms with Crippen molar-refractivity contribution in [3.63, 3.8) is 0 Å². The molecule has 0 rings (SSSR count). The van der Waals surface area contributed by atoms with Crippen LogP contribution in [-0.4, -0.2) is 23.6 Å². The van der Waals surface area contributed by atoms with Crippen molar-refractivity contribution in [3.05, 3.63) is 12.2 Å². The molecule has 0 aliphatic heterocycles.